The number of aryl methyl sites for hydroxylation is 2. The van der Waals surface area contributed by atoms with Crippen molar-refractivity contribution in [3.63, 3.8) is 0 Å². The van der Waals surface area contributed by atoms with Crippen LogP contribution in [0, 0.1) is 13.8 Å². The second kappa shape index (κ2) is 3.55. The fraction of sp³-hybridized carbons (Fsp3) is 0.300. The van der Waals surface area contributed by atoms with E-state index in [-0.39, 0.29) is 6.61 Å². The average Bonchev–Trinajstić information content (AvgIpc) is 2.71. The van der Waals surface area contributed by atoms with Crippen molar-refractivity contribution >= 4 is 11.3 Å². The lowest BCUT2D eigenvalue weighted by atomic mass is 10.2. The first-order valence-electron chi connectivity index (χ1n) is 4.32. The van der Waals surface area contributed by atoms with Gasteiger partial charge in [-0.15, -0.1) is 11.3 Å². The summed E-state index contributed by atoms with van der Waals surface area (Å²) >= 11 is 1.51. The van der Waals surface area contributed by atoms with Crippen molar-refractivity contribution in [1.29, 1.82) is 0 Å². The van der Waals surface area contributed by atoms with Gasteiger partial charge in [0.05, 0.1) is 29.0 Å². The molecule has 0 saturated carbocycles. The van der Waals surface area contributed by atoms with E-state index in [1.165, 1.54) is 11.3 Å². The van der Waals surface area contributed by atoms with Crippen LogP contribution in [0.2, 0.25) is 0 Å². The highest BCUT2D eigenvalue weighted by Gasteiger charge is 2.11. The van der Waals surface area contributed by atoms with Crippen molar-refractivity contribution in [2.45, 2.75) is 20.5 Å². The molecule has 0 amide bonds. The lowest BCUT2D eigenvalue weighted by molar-refractivity contribution is 0.284. The third kappa shape index (κ3) is 1.47. The Morgan fingerprint density at radius 2 is 2.21 bits per heavy atom. The van der Waals surface area contributed by atoms with Crippen molar-refractivity contribution in [2.24, 2.45) is 0 Å². The minimum absolute atomic E-state index is 0.0560. The lowest BCUT2D eigenvalue weighted by Gasteiger charge is -1.89. The van der Waals surface area contributed by atoms with Gasteiger partial charge in [-0.2, -0.15) is 0 Å². The number of hydrogen-bond acceptors (Lipinski definition) is 4. The zero-order chi connectivity index (χ0) is 10.1. The predicted octanol–water partition coefficient (Wildman–Crippen LogP) is 2.51. The molecular formula is C10H11NO2S. The van der Waals surface area contributed by atoms with E-state index < -0.39 is 0 Å². The van der Waals surface area contributed by atoms with Gasteiger partial charge in [-0.1, -0.05) is 0 Å². The van der Waals surface area contributed by atoms with Crippen molar-refractivity contribution < 1.29 is 9.52 Å². The molecule has 2 heterocycles. The number of hydrogen-bond donors (Lipinski definition) is 1. The van der Waals surface area contributed by atoms with Gasteiger partial charge in [-0.05, 0) is 19.4 Å². The normalized spacial score (nSPS) is 10.8. The molecule has 0 unspecified atom stereocenters. The molecular weight excluding hydrogens is 198 g/mol. The molecule has 4 heteroatoms. The van der Waals surface area contributed by atoms with Crippen LogP contribution in [0.5, 0.6) is 0 Å². The molecule has 0 bridgehead atoms. The molecule has 74 valence electrons. The van der Waals surface area contributed by atoms with Gasteiger partial charge < -0.3 is 9.52 Å². The first-order valence-corrected chi connectivity index (χ1v) is 5.14. The summed E-state index contributed by atoms with van der Waals surface area (Å²) in [4.78, 5) is 5.30. The van der Waals surface area contributed by atoms with Crippen LogP contribution >= 0.6 is 11.3 Å². The fourth-order valence-corrected chi connectivity index (χ4v) is 2.26. The molecule has 0 saturated heterocycles. The van der Waals surface area contributed by atoms with Crippen LogP contribution in [-0.4, -0.2) is 10.1 Å². The van der Waals surface area contributed by atoms with Crippen molar-refractivity contribution in [2.75, 3.05) is 0 Å². The highest BCUT2D eigenvalue weighted by Crippen LogP contribution is 2.30. The SMILES string of the molecule is Cc1cocc1-c1nc(C)c(CO)s1. The largest absolute Gasteiger partial charge is 0.472 e. The van der Waals surface area contributed by atoms with Crippen molar-refractivity contribution in [3.8, 4) is 10.6 Å². The van der Waals surface area contributed by atoms with E-state index in [9.17, 15) is 0 Å². The highest BCUT2D eigenvalue weighted by molar-refractivity contribution is 7.15. The summed E-state index contributed by atoms with van der Waals surface area (Å²) in [6, 6.07) is 0. The molecule has 2 aromatic rings. The summed E-state index contributed by atoms with van der Waals surface area (Å²) in [6.07, 6.45) is 3.39. The first kappa shape index (κ1) is 9.43. The fourth-order valence-electron chi connectivity index (χ4n) is 1.27. The quantitative estimate of drug-likeness (QED) is 0.826. The van der Waals surface area contributed by atoms with Gasteiger partial charge in [-0.25, -0.2) is 4.98 Å². The Kier molecular flexibility index (Phi) is 2.39. The zero-order valence-electron chi connectivity index (χ0n) is 8.07. The Morgan fingerprint density at radius 1 is 1.43 bits per heavy atom. The smallest absolute Gasteiger partial charge is 0.127 e. The third-order valence-electron chi connectivity index (χ3n) is 2.12. The topological polar surface area (TPSA) is 46.3 Å². The van der Waals surface area contributed by atoms with Crippen LogP contribution in [-0.2, 0) is 6.61 Å². The second-order valence-corrected chi connectivity index (χ2v) is 4.24. The molecule has 2 aromatic heterocycles. The number of rotatable bonds is 2. The molecule has 0 spiro atoms. The van der Waals surface area contributed by atoms with Crippen LogP contribution in [0.4, 0.5) is 0 Å². The monoisotopic (exact) mass is 209 g/mol. The maximum atomic E-state index is 9.05. The van der Waals surface area contributed by atoms with Crippen LogP contribution in [0.3, 0.4) is 0 Å². The van der Waals surface area contributed by atoms with E-state index in [2.05, 4.69) is 4.98 Å². The van der Waals surface area contributed by atoms with Crippen LogP contribution in [0.15, 0.2) is 16.9 Å². The Bertz CT molecular complexity index is 445. The second-order valence-electron chi connectivity index (χ2n) is 3.15. The van der Waals surface area contributed by atoms with Gasteiger partial charge in [-0.3, -0.25) is 0 Å². The standard InChI is InChI=1S/C10H11NO2S/c1-6-4-13-5-8(6)10-11-7(2)9(3-12)14-10/h4-5,12H,3H2,1-2H3. The molecule has 2 rings (SSSR count). The molecule has 0 aliphatic rings. The maximum Gasteiger partial charge on any atom is 0.127 e. The van der Waals surface area contributed by atoms with Gasteiger partial charge in [0.15, 0.2) is 0 Å². The lowest BCUT2D eigenvalue weighted by Crippen LogP contribution is -1.80. The van der Waals surface area contributed by atoms with Gasteiger partial charge >= 0.3 is 0 Å². The molecule has 1 N–H and O–H groups in total. The van der Waals surface area contributed by atoms with E-state index in [1.54, 1.807) is 12.5 Å². The number of aromatic nitrogens is 1. The van der Waals surface area contributed by atoms with Crippen LogP contribution in [0.1, 0.15) is 16.1 Å². The number of thiazole rings is 1. The van der Waals surface area contributed by atoms with E-state index in [4.69, 9.17) is 9.52 Å². The minimum Gasteiger partial charge on any atom is -0.472 e. The summed E-state index contributed by atoms with van der Waals surface area (Å²) in [7, 11) is 0. The number of aliphatic hydroxyl groups excluding tert-OH is 1. The van der Waals surface area contributed by atoms with E-state index in [0.717, 1.165) is 26.7 Å². The highest BCUT2D eigenvalue weighted by atomic mass is 32.1. The van der Waals surface area contributed by atoms with Gasteiger partial charge in [0, 0.05) is 0 Å². The van der Waals surface area contributed by atoms with Gasteiger partial charge in [0.2, 0.25) is 0 Å². The Morgan fingerprint density at radius 3 is 2.71 bits per heavy atom. The van der Waals surface area contributed by atoms with E-state index in [1.807, 2.05) is 13.8 Å². The van der Waals surface area contributed by atoms with Gasteiger partial charge in [0.1, 0.15) is 11.3 Å². The summed E-state index contributed by atoms with van der Waals surface area (Å²) in [6.45, 7) is 3.94. The molecule has 0 atom stereocenters. The third-order valence-corrected chi connectivity index (χ3v) is 3.30. The molecule has 0 aromatic carbocycles. The Balaban J connectivity index is 2.47. The van der Waals surface area contributed by atoms with Crippen molar-refractivity contribution in [1.82, 2.24) is 4.98 Å². The van der Waals surface area contributed by atoms with Crippen LogP contribution < -0.4 is 0 Å². The van der Waals surface area contributed by atoms with Crippen LogP contribution in [0.25, 0.3) is 10.6 Å². The predicted molar refractivity (Wildman–Crippen MR) is 55.2 cm³/mol. The molecule has 0 aliphatic carbocycles. The summed E-state index contributed by atoms with van der Waals surface area (Å²) in [5, 5.41) is 9.96. The van der Waals surface area contributed by atoms with Gasteiger partial charge in [0.25, 0.3) is 0 Å². The summed E-state index contributed by atoms with van der Waals surface area (Å²) < 4.78 is 5.09. The molecule has 0 aliphatic heterocycles. The number of nitrogens with zero attached hydrogens (tertiary/aromatic N) is 1. The molecule has 3 nitrogen and oxygen atoms in total. The Labute approximate surface area is 86.0 Å². The number of furan rings is 1. The Hall–Kier alpha value is -1.13. The summed E-state index contributed by atoms with van der Waals surface area (Å²) in [5.41, 5.74) is 2.98. The van der Waals surface area contributed by atoms with E-state index >= 15 is 0 Å². The average molecular weight is 209 g/mol. The molecule has 14 heavy (non-hydrogen) atoms. The van der Waals surface area contributed by atoms with E-state index in [0.29, 0.717) is 0 Å². The molecule has 0 radical (unpaired) electrons. The molecule has 0 fully saturated rings. The maximum absolute atomic E-state index is 9.05. The summed E-state index contributed by atoms with van der Waals surface area (Å²) in [5.74, 6) is 0. The van der Waals surface area contributed by atoms with Crippen molar-refractivity contribution in [3.05, 3.63) is 28.7 Å². The first-order chi connectivity index (χ1) is 6.72. The zero-order valence-corrected chi connectivity index (χ0v) is 8.89. The minimum atomic E-state index is 0.0560. The number of aliphatic hydroxyl groups is 1.